The SMILES string of the molecule is COCCn1cc(N2C[C@@H](C)n3c(c(CCCOc4cc(C)c(Cl)c(C)c4)c4ccc(Cl)c(-c5c(C)nn(C)c5C)c43)C2=O)c2cc(-c3ncn(CCN4CCOCC4)n3)ccc21. The van der Waals surface area contributed by atoms with Crippen molar-refractivity contribution in [3.63, 3.8) is 0 Å². The molecule has 0 radical (unpaired) electrons. The number of benzene rings is 3. The molecule has 0 saturated carbocycles. The lowest BCUT2D eigenvalue weighted by atomic mass is 9.98. The van der Waals surface area contributed by atoms with Crippen LogP contribution in [0.25, 0.3) is 44.3 Å². The lowest BCUT2D eigenvalue weighted by Crippen LogP contribution is -2.42. The summed E-state index contributed by atoms with van der Waals surface area (Å²) < 4.78 is 25.6. The zero-order chi connectivity index (χ0) is 44.1. The van der Waals surface area contributed by atoms with E-state index in [4.69, 9.17) is 52.6 Å². The van der Waals surface area contributed by atoms with Crippen molar-refractivity contribution in [2.24, 2.45) is 7.05 Å². The predicted octanol–water partition coefficient (Wildman–Crippen LogP) is 9.01. The van der Waals surface area contributed by atoms with Crippen molar-refractivity contribution < 1.29 is 19.0 Å². The minimum atomic E-state index is -0.107. The Bertz CT molecular complexity index is 2830. The highest BCUT2D eigenvalue weighted by molar-refractivity contribution is 6.35. The molecular formula is C48H55Cl2N9O4. The van der Waals surface area contributed by atoms with E-state index in [9.17, 15) is 0 Å². The lowest BCUT2D eigenvalue weighted by Gasteiger charge is -2.34. The fourth-order valence-electron chi connectivity index (χ4n) is 9.55. The molecule has 2 aliphatic heterocycles. The number of anilines is 1. The largest absolute Gasteiger partial charge is 0.494 e. The number of hydrogen-bond acceptors (Lipinski definition) is 8. The highest BCUT2D eigenvalue weighted by Gasteiger charge is 2.38. The molecule has 2 aliphatic rings. The van der Waals surface area contributed by atoms with Gasteiger partial charge in [-0.25, -0.2) is 4.98 Å². The van der Waals surface area contributed by atoms with Crippen molar-refractivity contribution in [1.29, 1.82) is 0 Å². The predicted molar refractivity (Wildman–Crippen MR) is 250 cm³/mol. The van der Waals surface area contributed by atoms with Crippen molar-refractivity contribution in [2.45, 2.75) is 66.6 Å². The van der Waals surface area contributed by atoms with Crippen LogP contribution in [-0.2, 0) is 36.0 Å². The molecule has 1 amide bonds. The van der Waals surface area contributed by atoms with Crippen molar-refractivity contribution >= 4 is 56.6 Å². The number of aromatic nitrogens is 7. The molecule has 15 heteroatoms. The smallest absolute Gasteiger partial charge is 0.275 e. The van der Waals surface area contributed by atoms with Crippen LogP contribution in [0.3, 0.4) is 0 Å². The average molecular weight is 893 g/mol. The molecule has 0 spiro atoms. The number of hydrogen-bond donors (Lipinski definition) is 0. The van der Waals surface area contributed by atoms with E-state index in [0.29, 0.717) is 55.7 Å². The van der Waals surface area contributed by atoms with Crippen molar-refractivity contribution in [3.8, 4) is 28.3 Å². The zero-order valence-electron chi connectivity index (χ0n) is 37.2. The van der Waals surface area contributed by atoms with Crippen LogP contribution in [0, 0.1) is 27.7 Å². The molecule has 1 atom stereocenters. The van der Waals surface area contributed by atoms with E-state index in [1.807, 2.05) is 60.3 Å². The third-order valence-corrected chi connectivity index (χ3v) is 13.7. The van der Waals surface area contributed by atoms with Gasteiger partial charge in [0.05, 0.1) is 60.4 Å². The highest BCUT2D eigenvalue weighted by atomic mass is 35.5. The Morgan fingerprint density at radius 2 is 1.68 bits per heavy atom. The number of rotatable bonds is 14. The van der Waals surface area contributed by atoms with Gasteiger partial charge in [0, 0.05) is 97.3 Å². The summed E-state index contributed by atoms with van der Waals surface area (Å²) in [6, 6.07) is 14.2. The van der Waals surface area contributed by atoms with E-state index >= 15 is 4.79 Å². The van der Waals surface area contributed by atoms with Gasteiger partial charge in [-0.3, -0.25) is 19.1 Å². The molecule has 0 bridgehead atoms. The van der Waals surface area contributed by atoms with Crippen LogP contribution in [0.2, 0.25) is 10.0 Å². The van der Waals surface area contributed by atoms with Gasteiger partial charge >= 0.3 is 0 Å². The van der Waals surface area contributed by atoms with E-state index in [-0.39, 0.29) is 11.9 Å². The molecule has 0 aliphatic carbocycles. The van der Waals surface area contributed by atoms with E-state index in [2.05, 4.69) is 58.3 Å². The number of methoxy groups -OCH3 is 1. The van der Waals surface area contributed by atoms with Gasteiger partial charge in [-0.2, -0.15) is 10.2 Å². The molecule has 1 fully saturated rings. The third kappa shape index (κ3) is 8.03. The Balaban J connectivity index is 1.12. The van der Waals surface area contributed by atoms with Crippen LogP contribution in [0.5, 0.6) is 5.75 Å². The molecule has 1 saturated heterocycles. The molecular weight excluding hydrogens is 837 g/mol. The number of carbonyl (C=O) groups is 1. The molecule has 13 nitrogen and oxygen atoms in total. The van der Waals surface area contributed by atoms with E-state index in [0.717, 1.165) is 122 Å². The van der Waals surface area contributed by atoms with Crippen LogP contribution in [0.1, 0.15) is 58.0 Å². The maximum absolute atomic E-state index is 15.6. The summed E-state index contributed by atoms with van der Waals surface area (Å²) in [6.45, 7) is 17.3. The van der Waals surface area contributed by atoms with Gasteiger partial charge < -0.3 is 28.2 Å². The number of morpholine rings is 1. The molecule has 330 valence electrons. The summed E-state index contributed by atoms with van der Waals surface area (Å²) in [5.74, 6) is 1.36. The van der Waals surface area contributed by atoms with Crippen LogP contribution in [0.4, 0.5) is 5.69 Å². The maximum Gasteiger partial charge on any atom is 0.275 e. The van der Waals surface area contributed by atoms with Crippen LogP contribution in [0.15, 0.2) is 55.0 Å². The number of amides is 1. The molecule has 0 N–H and O–H groups in total. The van der Waals surface area contributed by atoms with Crippen molar-refractivity contribution in [3.05, 3.63) is 98.8 Å². The molecule has 0 unspecified atom stereocenters. The minimum Gasteiger partial charge on any atom is -0.494 e. The number of ether oxygens (including phenoxy) is 3. The molecule has 6 heterocycles. The Labute approximate surface area is 378 Å². The molecule has 4 aromatic heterocycles. The molecule has 9 rings (SSSR count). The van der Waals surface area contributed by atoms with Crippen molar-refractivity contribution in [1.82, 2.24) is 38.6 Å². The van der Waals surface area contributed by atoms with Gasteiger partial charge in [-0.05, 0) is 101 Å². The Morgan fingerprint density at radius 3 is 2.41 bits per heavy atom. The monoisotopic (exact) mass is 891 g/mol. The first-order chi connectivity index (χ1) is 30.4. The fraction of sp³-hybridized carbons (Fsp3) is 0.417. The second kappa shape index (κ2) is 17.8. The average Bonchev–Trinajstić information content (AvgIpc) is 4.04. The standard InChI is InChI=1S/C48H55Cl2N9O4/c1-29-23-35(24-30(2)44(29)50)63-19-8-9-36-37-11-12-39(49)43(42-32(4)52-54(6)33(42)5)45(37)59-31(3)26-58(48(60)46(36)59)41-27-56(18-20-61-7)40-13-10-34(25-38(40)41)47-51-28-57(53-47)15-14-55-16-21-62-22-17-55/h10-13,23-25,27-28,31H,8-9,14-22,26H2,1-7H3/t31-/m1/s1. The third-order valence-electron chi connectivity index (χ3n) is 12.8. The normalized spacial score (nSPS) is 15.9. The van der Waals surface area contributed by atoms with Crippen LogP contribution in [-0.4, -0.2) is 104 Å². The topological polar surface area (TPSA) is 110 Å². The summed E-state index contributed by atoms with van der Waals surface area (Å²) in [6.07, 6.45) is 5.20. The summed E-state index contributed by atoms with van der Waals surface area (Å²) in [5.41, 5.74) is 11.1. The molecule has 3 aromatic carbocycles. The number of carbonyl (C=O) groups excluding carboxylic acids is 1. The first-order valence-corrected chi connectivity index (χ1v) is 22.6. The van der Waals surface area contributed by atoms with Gasteiger partial charge in [0.1, 0.15) is 17.8 Å². The number of aryl methyl sites for hydroxylation is 5. The second-order valence-electron chi connectivity index (χ2n) is 17.0. The second-order valence-corrected chi connectivity index (χ2v) is 17.8. The van der Waals surface area contributed by atoms with E-state index in [1.165, 1.54) is 0 Å². The Kier molecular flexibility index (Phi) is 12.2. The summed E-state index contributed by atoms with van der Waals surface area (Å²) in [4.78, 5) is 24.6. The minimum absolute atomic E-state index is 0.0624. The molecule has 63 heavy (non-hydrogen) atoms. The highest BCUT2D eigenvalue weighted by Crippen LogP contribution is 2.46. The zero-order valence-corrected chi connectivity index (χ0v) is 38.7. The first kappa shape index (κ1) is 43.1. The Hall–Kier alpha value is -5.18. The lowest BCUT2D eigenvalue weighted by molar-refractivity contribution is 0.0359. The number of halogens is 2. The summed E-state index contributed by atoms with van der Waals surface area (Å²) in [7, 11) is 3.66. The maximum atomic E-state index is 15.6. The molecule has 7 aromatic rings. The van der Waals surface area contributed by atoms with Gasteiger partial charge in [0.15, 0.2) is 5.82 Å². The number of nitrogens with zero attached hydrogens (tertiary/aromatic N) is 9. The van der Waals surface area contributed by atoms with E-state index in [1.54, 1.807) is 13.4 Å². The van der Waals surface area contributed by atoms with Gasteiger partial charge in [0.25, 0.3) is 5.91 Å². The Morgan fingerprint density at radius 1 is 0.905 bits per heavy atom. The van der Waals surface area contributed by atoms with Gasteiger partial charge in [0.2, 0.25) is 0 Å². The van der Waals surface area contributed by atoms with Gasteiger partial charge in [-0.15, -0.1) is 0 Å². The fourth-order valence-corrected chi connectivity index (χ4v) is 9.90. The van der Waals surface area contributed by atoms with E-state index < -0.39 is 0 Å². The van der Waals surface area contributed by atoms with Gasteiger partial charge in [-0.1, -0.05) is 29.3 Å². The van der Waals surface area contributed by atoms with Crippen LogP contribution < -0.4 is 9.64 Å². The van der Waals surface area contributed by atoms with Crippen LogP contribution >= 0.6 is 23.2 Å². The summed E-state index contributed by atoms with van der Waals surface area (Å²) in [5, 5.41) is 13.0. The first-order valence-electron chi connectivity index (χ1n) is 21.8. The van der Waals surface area contributed by atoms with Crippen molar-refractivity contribution in [2.75, 3.05) is 64.6 Å². The number of fused-ring (bicyclic) bond motifs is 4. The summed E-state index contributed by atoms with van der Waals surface area (Å²) >= 11 is 13.7. The quantitative estimate of drug-likeness (QED) is 0.0997.